The Balaban J connectivity index is 1.47. The predicted octanol–water partition coefficient (Wildman–Crippen LogP) is 2.98. The Bertz CT molecular complexity index is 1370. The normalized spacial score (nSPS) is 12.4. The number of nitrogens with one attached hydrogen (secondary N) is 2. The van der Waals surface area contributed by atoms with E-state index in [2.05, 4.69) is 40.8 Å². The second kappa shape index (κ2) is 7.75. The Morgan fingerprint density at radius 1 is 1.09 bits per heavy atom. The first-order valence-electron chi connectivity index (χ1n) is 8.97. The van der Waals surface area contributed by atoms with Crippen molar-refractivity contribution in [2.24, 2.45) is 5.10 Å². The fourth-order valence-corrected chi connectivity index (χ4v) is 2.86. The van der Waals surface area contributed by atoms with Gasteiger partial charge in [0.15, 0.2) is 23.1 Å². The van der Waals surface area contributed by atoms with Gasteiger partial charge in [0.1, 0.15) is 5.82 Å². The van der Waals surface area contributed by atoms with Crippen molar-refractivity contribution in [3.8, 4) is 11.5 Å². The molecule has 1 aliphatic heterocycles. The van der Waals surface area contributed by atoms with Gasteiger partial charge in [-0.15, -0.1) is 0 Å². The van der Waals surface area contributed by atoms with Crippen LogP contribution in [0, 0.1) is 15.9 Å². The first-order valence-corrected chi connectivity index (χ1v) is 8.97. The number of hydrazone groups is 1. The van der Waals surface area contributed by atoms with E-state index in [0.717, 1.165) is 0 Å². The number of nitro benzene ring substituents is 1. The van der Waals surface area contributed by atoms with Gasteiger partial charge < -0.3 is 14.8 Å². The van der Waals surface area contributed by atoms with Crippen molar-refractivity contribution in [2.45, 2.75) is 0 Å². The van der Waals surface area contributed by atoms with Gasteiger partial charge in [0, 0.05) is 0 Å². The minimum Gasteiger partial charge on any atom is -0.454 e. The van der Waals surface area contributed by atoms with Gasteiger partial charge in [-0.3, -0.25) is 15.5 Å². The van der Waals surface area contributed by atoms with E-state index in [1.807, 2.05) is 0 Å². The highest BCUT2D eigenvalue weighted by Crippen LogP contribution is 2.37. The number of rotatable bonds is 6. The molecule has 14 heteroatoms. The van der Waals surface area contributed by atoms with Crippen molar-refractivity contribution in [3.63, 3.8) is 0 Å². The van der Waals surface area contributed by atoms with Gasteiger partial charge in [-0.1, -0.05) is 12.1 Å². The molecule has 0 saturated heterocycles. The number of para-hydroxylation sites is 1. The van der Waals surface area contributed by atoms with E-state index in [0.29, 0.717) is 5.75 Å². The summed E-state index contributed by atoms with van der Waals surface area (Å²) >= 11 is 0. The van der Waals surface area contributed by atoms with Crippen molar-refractivity contribution in [3.05, 3.63) is 57.9 Å². The van der Waals surface area contributed by atoms with Crippen molar-refractivity contribution in [2.75, 3.05) is 17.5 Å². The molecule has 0 bridgehead atoms. The summed E-state index contributed by atoms with van der Waals surface area (Å²) in [6.45, 7) is -0.0300. The lowest BCUT2D eigenvalue weighted by molar-refractivity contribution is -0.385. The molecule has 5 rings (SSSR count). The van der Waals surface area contributed by atoms with Crippen LogP contribution in [0.25, 0.3) is 11.3 Å². The van der Waals surface area contributed by atoms with Crippen LogP contribution in [0.15, 0.2) is 46.1 Å². The van der Waals surface area contributed by atoms with Crippen LogP contribution in [-0.4, -0.2) is 38.2 Å². The quantitative estimate of drug-likeness (QED) is 0.258. The monoisotopic (exact) mass is 438 g/mol. The van der Waals surface area contributed by atoms with Gasteiger partial charge in [0.05, 0.1) is 28.5 Å². The maximum atomic E-state index is 14.1. The minimum absolute atomic E-state index is 0.0300. The van der Waals surface area contributed by atoms with Gasteiger partial charge in [-0.05, 0) is 28.5 Å². The zero-order valence-corrected chi connectivity index (χ0v) is 15.9. The Morgan fingerprint density at radius 2 is 1.81 bits per heavy atom. The lowest BCUT2D eigenvalue weighted by atomic mass is 10.1. The summed E-state index contributed by atoms with van der Waals surface area (Å²) < 4.78 is 29.1. The van der Waals surface area contributed by atoms with E-state index in [1.54, 1.807) is 12.1 Å². The number of hydrogen-bond acceptors (Lipinski definition) is 12. The number of ether oxygens (including phenoxy) is 2. The van der Waals surface area contributed by atoms with Gasteiger partial charge in [-0.25, -0.2) is 14.0 Å². The van der Waals surface area contributed by atoms with E-state index < -0.39 is 10.7 Å². The maximum Gasteiger partial charge on any atom is 0.282 e. The number of hydrogen-bond donors (Lipinski definition) is 2. The van der Waals surface area contributed by atoms with Crippen LogP contribution >= 0.6 is 0 Å². The topological polar surface area (TPSA) is 163 Å². The molecule has 0 amide bonds. The summed E-state index contributed by atoms with van der Waals surface area (Å²) in [5.74, 6) is 0.242. The first-order chi connectivity index (χ1) is 15.6. The fourth-order valence-electron chi connectivity index (χ4n) is 2.86. The molecule has 160 valence electrons. The molecule has 1 aliphatic rings. The molecule has 0 radical (unpaired) electrons. The summed E-state index contributed by atoms with van der Waals surface area (Å²) in [6.07, 6.45) is 1.21. The van der Waals surface area contributed by atoms with Crippen molar-refractivity contribution >= 4 is 40.5 Å². The predicted molar refractivity (Wildman–Crippen MR) is 108 cm³/mol. The standard InChI is InChI=1S/C18H11FN8O5/c19-10-3-1-2-4-11(10)21-15-16(23-18-17(22-15)25-32-26-18)24-20-7-9-5-13-14(31-8-30-13)6-12(9)27(28)29/h1-7H,8H2,(H,21,22,25)(H,23,24,26)/b20-7+. The highest BCUT2D eigenvalue weighted by atomic mass is 19.1. The Morgan fingerprint density at radius 3 is 2.56 bits per heavy atom. The molecule has 0 unspecified atom stereocenters. The molecule has 2 aromatic heterocycles. The third-order valence-electron chi connectivity index (χ3n) is 4.33. The Hall–Kier alpha value is -4.88. The fraction of sp³-hybridized carbons (Fsp3) is 0.0556. The lowest BCUT2D eigenvalue weighted by Crippen LogP contribution is -2.04. The van der Waals surface area contributed by atoms with Crippen LogP contribution in [0.2, 0.25) is 0 Å². The minimum atomic E-state index is -0.568. The van der Waals surface area contributed by atoms with E-state index in [1.165, 1.54) is 30.5 Å². The highest BCUT2D eigenvalue weighted by molar-refractivity contribution is 5.88. The molecule has 0 spiro atoms. The Kier molecular flexibility index (Phi) is 4.63. The molecular formula is C18H11FN8O5. The van der Waals surface area contributed by atoms with Crippen molar-refractivity contribution < 1.29 is 23.4 Å². The molecule has 3 heterocycles. The van der Waals surface area contributed by atoms with Gasteiger partial charge in [0.25, 0.3) is 5.69 Å². The second-order valence-electron chi connectivity index (χ2n) is 6.33. The van der Waals surface area contributed by atoms with E-state index in [4.69, 9.17) is 9.47 Å². The molecule has 0 aliphatic carbocycles. The van der Waals surface area contributed by atoms with Crippen molar-refractivity contribution in [1.82, 2.24) is 20.3 Å². The molecule has 4 aromatic rings. The Labute approximate surface area is 177 Å². The molecule has 32 heavy (non-hydrogen) atoms. The second-order valence-corrected chi connectivity index (χ2v) is 6.33. The van der Waals surface area contributed by atoms with Crippen molar-refractivity contribution in [1.29, 1.82) is 0 Å². The summed E-state index contributed by atoms with van der Waals surface area (Å²) in [6, 6.07) is 8.64. The van der Waals surface area contributed by atoms with Crippen LogP contribution in [-0.2, 0) is 0 Å². The number of halogens is 1. The summed E-state index contributed by atoms with van der Waals surface area (Å²) in [5, 5.41) is 25.4. The van der Waals surface area contributed by atoms with E-state index >= 15 is 0 Å². The molecule has 13 nitrogen and oxygen atoms in total. The molecular weight excluding hydrogens is 427 g/mol. The van der Waals surface area contributed by atoms with E-state index in [9.17, 15) is 14.5 Å². The average Bonchev–Trinajstić information content (AvgIpc) is 3.43. The molecule has 0 fully saturated rings. The number of nitro groups is 1. The largest absolute Gasteiger partial charge is 0.454 e. The van der Waals surface area contributed by atoms with Gasteiger partial charge in [-0.2, -0.15) is 10.1 Å². The third-order valence-corrected chi connectivity index (χ3v) is 4.33. The van der Waals surface area contributed by atoms with E-state index in [-0.39, 0.29) is 52.4 Å². The van der Waals surface area contributed by atoms with Crippen LogP contribution in [0.5, 0.6) is 11.5 Å². The number of nitrogens with zero attached hydrogens (tertiary/aromatic N) is 6. The number of benzene rings is 2. The molecule has 0 saturated carbocycles. The van der Waals surface area contributed by atoms with Gasteiger partial charge in [0.2, 0.25) is 18.1 Å². The number of aromatic nitrogens is 4. The summed E-state index contributed by atoms with van der Waals surface area (Å²) in [4.78, 5) is 19.2. The van der Waals surface area contributed by atoms with Crippen LogP contribution in [0.1, 0.15) is 5.56 Å². The smallest absolute Gasteiger partial charge is 0.282 e. The zero-order chi connectivity index (χ0) is 22.1. The average molecular weight is 438 g/mol. The lowest BCUT2D eigenvalue weighted by Gasteiger charge is -2.09. The molecule has 2 aromatic carbocycles. The van der Waals surface area contributed by atoms with Crippen LogP contribution < -0.4 is 20.2 Å². The first kappa shape index (κ1) is 19.1. The summed E-state index contributed by atoms with van der Waals surface area (Å²) in [7, 11) is 0. The molecule has 0 atom stereocenters. The number of anilines is 3. The van der Waals surface area contributed by atoms with Crippen LogP contribution in [0.3, 0.4) is 0 Å². The van der Waals surface area contributed by atoms with Crippen LogP contribution in [0.4, 0.5) is 27.4 Å². The summed E-state index contributed by atoms with van der Waals surface area (Å²) in [5.41, 5.74) is 2.86. The number of fused-ring (bicyclic) bond motifs is 2. The third kappa shape index (κ3) is 3.55. The maximum absolute atomic E-state index is 14.1. The zero-order valence-electron chi connectivity index (χ0n) is 15.9. The molecule has 2 N–H and O–H groups in total. The highest BCUT2D eigenvalue weighted by Gasteiger charge is 2.22. The van der Waals surface area contributed by atoms with Gasteiger partial charge >= 0.3 is 0 Å². The SMILES string of the molecule is O=[N+]([O-])c1cc2c(cc1/C=N/Nc1nc3nonc3nc1Nc1ccccc1F)OCO2.